The Kier molecular flexibility index (Phi) is 4.42. The van der Waals surface area contributed by atoms with Gasteiger partial charge >= 0.3 is 0 Å². The van der Waals surface area contributed by atoms with E-state index in [9.17, 15) is 9.90 Å². The molecule has 0 spiro atoms. The molecule has 5 nitrogen and oxygen atoms in total. The van der Waals surface area contributed by atoms with Crippen molar-refractivity contribution in [1.29, 1.82) is 0 Å². The van der Waals surface area contributed by atoms with E-state index in [0.717, 1.165) is 18.5 Å². The maximum absolute atomic E-state index is 12.4. The minimum absolute atomic E-state index is 0.0825. The first-order chi connectivity index (χ1) is 9.74. The Bertz CT molecular complexity index is 514. The smallest absolute Gasteiger partial charge is 0.254 e. The second-order valence-electron chi connectivity index (χ2n) is 6.95. The maximum atomic E-state index is 12.4. The average molecular weight is 293 g/mol. The van der Waals surface area contributed by atoms with Gasteiger partial charge in [-0.25, -0.2) is 0 Å². The fourth-order valence-corrected chi connectivity index (χ4v) is 2.28. The van der Waals surface area contributed by atoms with Crippen molar-refractivity contribution in [3.8, 4) is 0 Å². The summed E-state index contributed by atoms with van der Waals surface area (Å²) in [5.74, 6) is 0.407. The molecule has 1 aliphatic rings. The number of aliphatic hydroxyl groups is 1. The summed E-state index contributed by atoms with van der Waals surface area (Å²) in [7, 11) is 0. The number of hydrogen-bond donors (Lipinski definition) is 2. The number of hydrogen-bond acceptors (Lipinski definition) is 3. The summed E-state index contributed by atoms with van der Waals surface area (Å²) in [6.07, 6.45) is 3.91. The third-order valence-corrected chi connectivity index (χ3v) is 4.38. The zero-order valence-electron chi connectivity index (χ0n) is 13.7. The van der Waals surface area contributed by atoms with E-state index in [2.05, 4.69) is 24.3 Å². The van der Waals surface area contributed by atoms with E-state index < -0.39 is 5.60 Å². The first kappa shape index (κ1) is 16.0. The summed E-state index contributed by atoms with van der Waals surface area (Å²) >= 11 is 0. The highest BCUT2D eigenvalue weighted by atomic mass is 16.3. The lowest BCUT2D eigenvalue weighted by atomic mass is 9.92. The van der Waals surface area contributed by atoms with E-state index in [1.165, 1.54) is 0 Å². The van der Waals surface area contributed by atoms with E-state index in [-0.39, 0.29) is 24.4 Å². The molecule has 21 heavy (non-hydrogen) atoms. The van der Waals surface area contributed by atoms with Gasteiger partial charge in [0.05, 0.1) is 23.1 Å². The van der Waals surface area contributed by atoms with Crippen molar-refractivity contribution < 1.29 is 9.90 Å². The van der Waals surface area contributed by atoms with Crippen LogP contribution in [-0.4, -0.2) is 32.9 Å². The van der Waals surface area contributed by atoms with Crippen molar-refractivity contribution in [2.24, 2.45) is 5.92 Å². The van der Waals surface area contributed by atoms with Crippen LogP contribution in [0.15, 0.2) is 6.20 Å². The molecule has 118 valence electrons. The van der Waals surface area contributed by atoms with Crippen LogP contribution in [0.1, 0.15) is 75.5 Å². The van der Waals surface area contributed by atoms with Crippen molar-refractivity contribution in [1.82, 2.24) is 15.1 Å². The minimum atomic E-state index is -0.899. The van der Waals surface area contributed by atoms with E-state index in [1.807, 2.05) is 18.5 Å². The average Bonchev–Trinajstić information content (AvgIpc) is 3.13. The predicted octanol–water partition coefficient (Wildman–Crippen LogP) is 2.48. The molecule has 0 radical (unpaired) electrons. The Hall–Kier alpha value is -1.36. The second-order valence-corrected chi connectivity index (χ2v) is 6.95. The molecule has 1 aromatic heterocycles. The van der Waals surface area contributed by atoms with Crippen LogP contribution in [0.3, 0.4) is 0 Å². The van der Waals surface area contributed by atoms with Crippen LogP contribution >= 0.6 is 0 Å². The number of rotatable bonds is 6. The summed E-state index contributed by atoms with van der Waals surface area (Å²) in [5.41, 5.74) is 0.807. The summed E-state index contributed by atoms with van der Waals surface area (Å²) in [5, 5.41) is 17.5. The molecule has 1 heterocycles. The van der Waals surface area contributed by atoms with Gasteiger partial charge < -0.3 is 10.4 Å². The number of nitrogens with one attached hydrogen (secondary N) is 1. The van der Waals surface area contributed by atoms with Crippen LogP contribution in [0, 0.1) is 5.92 Å². The highest BCUT2D eigenvalue weighted by Crippen LogP contribution is 2.42. The number of carbonyl (C=O) groups is 1. The zero-order valence-corrected chi connectivity index (χ0v) is 13.7. The molecule has 2 rings (SSSR count). The van der Waals surface area contributed by atoms with Crippen LogP contribution in [0.4, 0.5) is 0 Å². The minimum Gasteiger partial charge on any atom is -0.388 e. The van der Waals surface area contributed by atoms with Gasteiger partial charge in [-0.3, -0.25) is 9.48 Å². The molecule has 5 heteroatoms. The van der Waals surface area contributed by atoms with Gasteiger partial charge in [-0.1, -0.05) is 13.8 Å². The van der Waals surface area contributed by atoms with Crippen molar-refractivity contribution >= 4 is 5.91 Å². The molecule has 1 fully saturated rings. The fraction of sp³-hybridized carbons (Fsp3) is 0.750. The van der Waals surface area contributed by atoms with Crippen molar-refractivity contribution in [2.45, 2.75) is 65.0 Å². The normalized spacial score (nSPS) is 18.1. The molecule has 0 bridgehead atoms. The molecule has 1 amide bonds. The van der Waals surface area contributed by atoms with E-state index in [0.29, 0.717) is 11.5 Å². The quantitative estimate of drug-likeness (QED) is 0.846. The standard InChI is InChI=1S/C16H27N3O2/c1-10(2)16(5,21)9-17-15(20)13-8-18-19(11(3)4)14(13)12-6-7-12/h8,10-12,21H,6-7,9H2,1-5H3,(H,17,20). The van der Waals surface area contributed by atoms with Crippen molar-refractivity contribution in [3.63, 3.8) is 0 Å². The lowest BCUT2D eigenvalue weighted by molar-refractivity contribution is 0.0142. The number of aromatic nitrogens is 2. The highest BCUT2D eigenvalue weighted by molar-refractivity contribution is 5.95. The number of nitrogens with zero attached hydrogens (tertiary/aromatic N) is 2. The molecular weight excluding hydrogens is 266 g/mol. The van der Waals surface area contributed by atoms with Gasteiger partial charge in [-0.05, 0) is 39.5 Å². The molecule has 0 aliphatic heterocycles. The molecule has 1 unspecified atom stereocenters. The first-order valence-corrected chi connectivity index (χ1v) is 7.82. The van der Waals surface area contributed by atoms with E-state index >= 15 is 0 Å². The Labute approximate surface area is 126 Å². The van der Waals surface area contributed by atoms with Crippen LogP contribution in [-0.2, 0) is 0 Å². The Morgan fingerprint density at radius 1 is 1.48 bits per heavy atom. The third-order valence-electron chi connectivity index (χ3n) is 4.38. The first-order valence-electron chi connectivity index (χ1n) is 7.82. The molecule has 2 N–H and O–H groups in total. The van der Waals surface area contributed by atoms with Gasteiger partial charge in [-0.2, -0.15) is 5.10 Å². The molecule has 0 saturated heterocycles. The predicted molar refractivity (Wildman–Crippen MR) is 82.4 cm³/mol. The molecule has 1 aromatic rings. The molecule has 0 aromatic carbocycles. The van der Waals surface area contributed by atoms with E-state index in [1.54, 1.807) is 13.1 Å². The fourth-order valence-electron chi connectivity index (χ4n) is 2.28. The topological polar surface area (TPSA) is 67.2 Å². The van der Waals surface area contributed by atoms with Crippen LogP contribution in [0.25, 0.3) is 0 Å². The monoisotopic (exact) mass is 293 g/mol. The van der Waals surface area contributed by atoms with Crippen molar-refractivity contribution in [3.05, 3.63) is 17.5 Å². The van der Waals surface area contributed by atoms with Gasteiger partial charge in [0, 0.05) is 18.5 Å². The van der Waals surface area contributed by atoms with Crippen LogP contribution < -0.4 is 5.32 Å². The van der Waals surface area contributed by atoms with Crippen LogP contribution in [0.5, 0.6) is 0 Å². The maximum Gasteiger partial charge on any atom is 0.254 e. The third kappa shape index (κ3) is 3.46. The summed E-state index contributed by atoms with van der Waals surface area (Å²) in [4.78, 5) is 12.4. The Morgan fingerprint density at radius 2 is 2.10 bits per heavy atom. The van der Waals surface area contributed by atoms with Crippen LogP contribution in [0.2, 0.25) is 0 Å². The summed E-state index contributed by atoms with van der Waals surface area (Å²) in [6, 6.07) is 0.251. The van der Waals surface area contributed by atoms with Gasteiger partial charge in [0.1, 0.15) is 0 Å². The Balaban J connectivity index is 2.13. The Morgan fingerprint density at radius 3 is 2.57 bits per heavy atom. The lowest BCUT2D eigenvalue weighted by Gasteiger charge is -2.27. The molecular formula is C16H27N3O2. The van der Waals surface area contributed by atoms with Gasteiger partial charge in [0.25, 0.3) is 5.91 Å². The highest BCUT2D eigenvalue weighted by Gasteiger charge is 2.33. The molecule has 1 saturated carbocycles. The summed E-state index contributed by atoms with van der Waals surface area (Å²) in [6.45, 7) is 10.0. The number of amides is 1. The van der Waals surface area contributed by atoms with Gasteiger partial charge in [0.15, 0.2) is 0 Å². The molecule has 1 aliphatic carbocycles. The second kappa shape index (κ2) is 5.79. The summed E-state index contributed by atoms with van der Waals surface area (Å²) < 4.78 is 1.95. The molecule has 1 atom stereocenters. The SMILES string of the molecule is CC(C)n1ncc(C(=O)NCC(C)(O)C(C)C)c1C1CC1. The van der Waals surface area contributed by atoms with E-state index in [4.69, 9.17) is 0 Å². The number of carbonyl (C=O) groups excluding carboxylic acids is 1. The zero-order chi connectivity index (χ0) is 15.8. The lowest BCUT2D eigenvalue weighted by Crippen LogP contribution is -2.44. The van der Waals surface area contributed by atoms with Gasteiger partial charge in [-0.15, -0.1) is 0 Å². The van der Waals surface area contributed by atoms with Crippen molar-refractivity contribution in [2.75, 3.05) is 6.54 Å². The largest absolute Gasteiger partial charge is 0.388 e. The van der Waals surface area contributed by atoms with Gasteiger partial charge in [0.2, 0.25) is 0 Å².